The lowest BCUT2D eigenvalue weighted by atomic mass is 9.77. The molecule has 36 heavy (non-hydrogen) atoms. The van der Waals surface area contributed by atoms with Gasteiger partial charge in [0.05, 0.1) is 11.4 Å². The molecule has 3 nitrogen and oxygen atoms in total. The first-order chi connectivity index (χ1) is 16.6. The van der Waals surface area contributed by atoms with Crippen LogP contribution >= 0.6 is 0 Å². The zero-order valence-corrected chi connectivity index (χ0v) is 23.2. The van der Waals surface area contributed by atoms with E-state index < -0.39 is 11.3 Å². The molecular formula is C31H43F2N3. The summed E-state index contributed by atoms with van der Waals surface area (Å²) in [7, 11) is 0. The van der Waals surface area contributed by atoms with Gasteiger partial charge in [-0.05, 0) is 88.2 Å². The maximum atomic E-state index is 14.9. The summed E-state index contributed by atoms with van der Waals surface area (Å²) in [5.41, 5.74) is 2.48. The van der Waals surface area contributed by atoms with Gasteiger partial charge < -0.3 is 5.32 Å². The Morgan fingerprint density at radius 3 is 2.36 bits per heavy atom. The topological polar surface area (TPSA) is 37.8 Å². The molecule has 1 heterocycles. The summed E-state index contributed by atoms with van der Waals surface area (Å²) < 4.78 is 29.5. The highest BCUT2D eigenvalue weighted by Crippen LogP contribution is 2.40. The van der Waals surface area contributed by atoms with Crippen LogP contribution < -0.4 is 5.32 Å². The lowest BCUT2D eigenvalue weighted by molar-refractivity contribution is 0.214. The van der Waals surface area contributed by atoms with Crippen molar-refractivity contribution in [1.29, 1.82) is 0 Å². The third kappa shape index (κ3) is 7.59. The van der Waals surface area contributed by atoms with E-state index in [0.29, 0.717) is 16.8 Å². The Bertz CT molecular complexity index is 1090. The van der Waals surface area contributed by atoms with Crippen LogP contribution in [0.2, 0.25) is 0 Å². The Morgan fingerprint density at radius 1 is 1.11 bits per heavy atom. The molecule has 1 aromatic heterocycles. The second-order valence-corrected chi connectivity index (χ2v) is 11.3. The second kappa shape index (κ2) is 11.5. The zero-order valence-electron chi connectivity index (χ0n) is 23.2. The van der Waals surface area contributed by atoms with Crippen molar-refractivity contribution in [3.05, 3.63) is 89.9 Å². The second-order valence-electron chi connectivity index (χ2n) is 11.3. The van der Waals surface area contributed by atoms with Gasteiger partial charge in [0.1, 0.15) is 17.7 Å². The fourth-order valence-corrected chi connectivity index (χ4v) is 4.35. The first kappa shape index (κ1) is 29.4. The molecule has 1 aliphatic carbocycles. The maximum Gasteiger partial charge on any atom is 0.147 e. The minimum atomic E-state index is -1.65. The van der Waals surface area contributed by atoms with Crippen molar-refractivity contribution in [2.75, 3.05) is 0 Å². The maximum absolute atomic E-state index is 14.9. The lowest BCUT2D eigenvalue weighted by Gasteiger charge is -2.29. The number of halogens is 2. The molecule has 0 bridgehead atoms. The molecule has 196 valence electrons. The summed E-state index contributed by atoms with van der Waals surface area (Å²) in [5, 5.41) is 3.33. The normalized spacial score (nSPS) is 20.3. The van der Waals surface area contributed by atoms with Gasteiger partial charge in [-0.2, -0.15) is 0 Å². The van der Waals surface area contributed by atoms with Crippen LogP contribution in [0.5, 0.6) is 0 Å². The SMILES string of the molecule is C=C/C(=C\C(=C\NC(=C)/C1=C(\C)C(C)(C)CCCCCC1=C)c1cc(C(C)(C)F)ncn1)C(C)(C)F. The van der Waals surface area contributed by atoms with E-state index in [1.165, 1.54) is 58.5 Å². The van der Waals surface area contributed by atoms with Crippen molar-refractivity contribution in [2.24, 2.45) is 5.41 Å². The molecule has 0 atom stereocenters. The highest BCUT2D eigenvalue weighted by Gasteiger charge is 2.27. The Morgan fingerprint density at radius 2 is 1.78 bits per heavy atom. The highest BCUT2D eigenvalue weighted by molar-refractivity contribution is 5.74. The van der Waals surface area contributed by atoms with E-state index in [9.17, 15) is 8.78 Å². The average molecular weight is 496 g/mol. The molecule has 0 saturated carbocycles. The Kier molecular flexibility index (Phi) is 9.39. The fourth-order valence-electron chi connectivity index (χ4n) is 4.35. The third-order valence-electron chi connectivity index (χ3n) is 7.02. The summed E-state index contributed by atoms with van der Waals surface area (Å²) in [6.07, 6.45) is 11.7. The van der Waals surface area contributed by atoms with Crippen LogP contribution in [0.3, 0.4) is 0 Å². The van der Waals surface area contributed by atoms with Crippen LogP contribution in [-0.4, -0.2) is 15.6 Å². The average Bonchev–Trinajstić information content (AvgIpc) is 2.81. The van der Waals surface area contributed by atoms with Gasteiger partial charge >= 0.3 is 0 Å². The largest absolute Gasteiger partial charge is 0.361 e. The number of aromatic nitrogens is 2. The summed E-state index contributed by atoms with van der Waals surface area (Å²) in [6, 6.07) is 1.59. The van der Waals surface area contributed by atoms with Gasteiger partial charge in [-0.3, -0.25) is 0 Å². The van der Waals surface area contributed by atoms with E-state index in [1.54, 1.807) is 18.3 Å². The number of hydrogen-bond acceptors (Lipinski definition) is 3. The number of alkyl halides is 2. The van der Waals surface area contributed by atoms with Crippen molar-refractivity contribution < 1.29 is 8.78 Å². The summed E-state index contributed by atoms with van der Waals surface area (Å²) in [5.74, 6) is 0. The molecule has 0 amide bonds. The molecule has 0 spiro atoms. The van der Waals surface area contributed by atoms with Gasteiger partial charge in [-0.15, -0.1) is 0 Å². The van der Waals surface area contributed by atoms with Gasteiger partial charge in [0.15, 0.2) is 0 Å². The molecule has 1 aromatic rings. The minimum Gasteiger partial charge on any atom is -0.361 e. The molecule has 2 rings (SSSR count). The molecular weight excluding hydrogens is 452 g/mol. The van der Waals surface area contributed by atoms with Crippen molar-refractivity contribution in [2.45, 2.75) is 91.9 Å². The third-order valence-corrected chi connectivity index (χ3v) is 7.02. The number of rotatable bonds is 8. The van der Waals surface area contributed by atoms with Crippen LogP contribution in [0.25, 0.3) is 5.57 Å². The monoisotopic (exact) mass is 495 g/mol. The van der Waals surface area contributed by atoms with Gasteiger partial charge in [-0.25, -0.2) is 18.7 Å². The van der Waals surface area contributed by atoms with E-state index >= 15 is 0 Å². The molecule has 0 radical (unpaired) electrons. The first-order valence-electron chi connectivity index (χ1n) is 12.7. The molecule has 1 aliphatic rings. The lowest BCUT2D eigenvalue weighted by Crippen LogP contribution is -2.19. The molecule has 0 aromatic carbocycles. The summed E-state index contributed by atoms with van der Waals surface area (Å²) >= 11 is 0. The van der Waals surface area contributed by atoms with Gasteiger partial charge in [0.25, 0.3) is 0 Å². The first-order valence-corrected chi connectivity index (χ1v) is 12.7. The molecule has 5 heteroatoms. The number of nitrogens with zero attached hydrogens (tertiary/aromatic N) is 2. The molecule has 0 aliphatic heterocycles. The zero-order chi connectivity index (χ0) is 27.3. The number of allylic oxidation sites excluding steroid dienone is 6. The van der Waals surface area contributed by atoms with Crippen molar-refractivity contribution in [1.82, 2.24) is 15.3 Å². The van der Waals surface area contributed by atoms with Crippen LogP contribution in [-0.2, 0) is 5.67 Å². The van der Waals surface area contributed by atoms with Crippen LogP contribution in [0, 0.1) is 5.41 Å². The minimum absolute atomic E-state index is 0.0161. The standard InChI is InChI=1S/C31H43F2N3/c1-11-25(30(7,8)32)17-24(26-18-27(31(9,10)33)36-20-35-26)19-34-23(4)28-21(2)15-13-12-14-16-29(5,6)22(28)3/h11,17-20,34H,1-2,4,12-16H2,3,5-10H3/b24-19-,25-17+,28-22+. The fraction of sp³-hybridized carbons (Fsp3) is 0.484. The van der Waals surface area contributed by atoms with Gasteiger partial charge in [0, 0.05) is 17.5 Å². The molecule has 0 unspecified atom stereocenters. The van der Waals surface area contributed by atoms with Crippen LogP contribution in [0.4, 0.5) is 8.78 Å². The Labute approximate surface area is 216 Å². The van der Waals surface area contributed by atoms with Gasteiger partial charge in [-0.1, -0.05) is 58.1 Å². The van der Waals surface area contributed by atoms with Crippen LogP contribution in [0.1, 0.15) is 92.0 Å². The van der Waals surface area contributed by atoms with E-state index in [1.807, 2.05) is 0 Å². The van der Waals surface area contributed by atoms with Crippen molar-refractivity contribution in [3.63, 3.8) is 0 Å². The predicted octanol–water partition coefficient (Wildman–Crippen LogP) is 8.85. The highest BCUT2D eigenvalue weighted by atomic mass is 19.1. The van der Waals surface area contributed by atoms with Crippen molar-refractivity contribution >= 4 is 5.57 Å². The number of hydrogen-bond donors (Lipinski definition) is 1. The molecule has 0 fully saturated rings. The van der Waals surface area contributed by atoms with E-state index in [2.05, 4.69) is 55.8 Å². The molecule has 0 saturated heterocycles. The predicted molar refractivity (Wildman–Crippen MR) is 149 cm³/mol. The van der Waals surface area contributed by atoms with E-state index in [0.717, 1.165) is 36.1 Å². The summed E-state index contributed by atoms with van der Waals surface area (Å²) in [4.78, 5) is 8.45. The van der Waals surface area contributed by atoms with Crippen molar-refractivity contribution in [3.8, 4) is 0 Å². The van der Waals surface area contributed by atoms with E-state index in [-0.39, 0.29) is 11.1 Å². The Hall–Kier alpha value is -2.82. The van der Waals surface area contributed by atoms with Crippen LogP contribution in [0.15, 0.2) is 78.5 Å². The number of nitrogens with one attached hydrogen (secondary N) is 1. The van der Waals surface area contributed by atoms with E-state index in [4.69, 9.17) is 0 Å². The Balaban J connectivity index is 2.60. The smallest absolute Gasteiger partial charge is 0.147 e. The van der Waals surface area contributed by atoms with Gasteiger partial charge in [0.2, 0.25) is 0 Å². The summed E-state index contributed by atoms with van der Waals surface area (Å²) in [6.45, 7) is 25.0. The molecule has 1 N–H and O–H groups in total. The quantitative estimate of drug-likeness (QED) is 0.366.